The van der Waals surface area contributed by atoms with Gasteiger partial charge in [-0.05, 0) is 24.6 Å². The Hall–Kier alpha value is -2.75. The number of aromatic nitrogens is 2. The molecule has 4 nitrogen and oxygen atoms in total. The summed E-state index contributed by atoms with van der Waals surface area (Å²) in [6.07, 6.45) is 14.6. The fourth-order valence-electron chi connectivity index (χ4n) is 2.11. The first-order valence-corrected chi connectivity index (χ1v) is 7.31. The zero-order valence-corrected chi connectivity index (χ0v) is 13.1. The first-order chi connectivity index (χ1) is 10.7. The van der Waals surface area contributed by atoms with E-state index in [2.05, 4.69) is 36.8 Å². The van der Waals surface area contributed by atoms with Crippen LogP contribution in [-0.2, 0) is 0 Å². The molecule has 0 saturated carbocycles. The molecule has 0 aliphatic carbocycles. The van der Waals surface area contributed by atoms with Gasteiger partial charge in [0.25, 0.3) is 0 Å². The fraction of sp³-hybridized carbons (Fsp3) is 0.167. The maximum atomic E-state index is 4.71. The standard InChI is InChI=1S/C18H22N4/c1-5-7-9-16(8-6-2)22-18(19-4)12-17(21-22)15-11-10-14(3)20-13-15/h5,7-13,19-20H,1,3,6H2,2,4H3/b9-7-,16-8+. The second kappa shape index (κ2) is 7.31. The topological polar surface area (TPSA) is 41.9 Å². The highest BCUT2D eigenvalue weighted by Crippen LogP contribution is 2.24. The largest absolute Gasteiger partial charge is 0.373 e. The molecule has 0 unspecified atom stereocenters. The number of hydrogen-bond acceptors (Lipinski definition) is 3. The molecule has 0 radical (unpaired) electrons. The van der Waals surface area contributed by atoms with Gasteiger partial charge in [0.2, 0.25) is 0 Å². The highest BCUT2D eigenvalue weighted by molar-refractivity contribution is 5.76. The van der Waals surface area contributed by atoms with E-state index in [4.69, 9.17) is 5.10 Å². The lowest BCUT2D eigenvalue weighted by Crippen LogP contribution is -2.06. The van der Waals surface area contributed by atoms with Gasteiger partial charge in [-0.2, -0.15) is 5.10 Å². The molecule has 1 aromatic heterocycles. The van der Waals surface area contributed by atoms with Gasteiger partial charge in [-0.25, -0.2) is 4.68 Å². The van der Waals surface area contributed by atoms with Crippen molar-refractivity contribution in [3.05, 3.63) is 73.3 Å². The Morgan fingerprint density at radius 3 is 2.86 bits per heavy atom. The van der Waals surface area contributed by atoms with E-state index in [1.807, 2.05) is 48.3 Å². The van der Waals surface area contributed by atoms with Crippen molar-refractivity contribution in [1.29, 1.82) is 0 Å². The quantitative estimate of drug-likeness (QED) is 0.781. The number of rotatable bonds is 6. The lowest BCUT2D eigenvalue weighted by molar-refractivity contribution is 0.900. The average Bonchev–Trinajstić information content (AvgIpc) is 2.96. The van der Waals surface area contributed by atoms with Crippen LogP contribution in [0.2, 0.25) is 0 Å². The van der Waals surface area contributed by atoms with Gasteiger partial charge in [0.05, 0.1) is 11.4 Å². The Bertz CT molecular complexity index is 684. The molecule has 2 N–H and O–H groups in total. The SMILES string of the molecule is C=C/C=C\C(=C/CC)n1nc(C2=CNC(=C)C=C2)cc1NC. The predicted molar refractivity (Wildman–Crippen MR) is 95.1 cm³/mol. The van der Waals surface area contributed by atoms with E-state index in [9.17, 15) is 0 Å². The summed E-state index contributed by atoms with van der Waals surface area (Å²) in [6.45, 7) is 9.68. The predicted octanol–water partition coefficient (Wildman–Crippen LogP) is 3.93. The lowest BCUT2D eigenvalue weighted by Gasteiger charge is -2.08. The first-order valence-electron chi connectivity index (χ1n) is 7.31. The molecule has 0 spiro atoms. The lowest BCUT2D eigenvalue weighted by atomic mass is 10.1. The van der Waals surface area contributed by atoms with Crippen molar-refractivity contribution in [2.24, 2.45) is 0 Å². The monoisotopic (exact) mass is 294 g/mol. The van der Waals surface area contributed by atoms with Crippen LogP contribution in [0.4, 0.5) is 5.82 Å². The van der Waals surface area contributed by atoms with E-state index in [1.54, 1.807) is 6.08 Å². The van der Waals surface area contributed by atoms with Crippen molar-refractivity contribution in [2.45, 2.75) is 13.3 Å². The summed E-state index contributed by atoms with van der Waals surface area (Å²) in [5.74, 6) is 0.933. The summed E-state index contributed by atoms with van der Waals surface area (Å²) in [6, 6.07) is 2.02. The molecular formula is C18H22N4. The highest BCUT2D eigenvalue weighted by atomic mass is 15.3. The average molecular weight is 294 g/mol. The zero-order chi connectivity index (χ0) is 15.9. The number of hydrogen-bond donors (Lipinski definition) is 2. The summed E-state index contributed by atoms with van der Waals surface area (Å²) in [7, 11) is 1.89. The van der Waals surface area contributed by atoms with Gasteiger partial charge in [0, 0.05) is 30.6 Å². The Morgan fingerprint density at radius 2 is 2.27 bits per heavy atom. The molecule has 0 fully saturated rings. The van der Waals surface area contributed by atoms with E-state index in [1.165, 1.54) is 0 Å². The third-order valence-corrected chi connectivity index (χ3v) is 3.20. The van der Waals surface area contributed by atoms with Gasteiger partial charge in [-0.3, -0.25) is 0 Å². The van der Waals surface area contributed by atoms with Gasteiger partial charge >= 0.3 is 0 Å². The van der Waals surface area contributed by atoms with Crippen molar-refractivity contribution in [3.63, 3.8) is 0 Å². The minimum absolute atomic E-state index is 0.873. The van der Waals surface area contributed by atoms with Crippen molar-refractivity contribution in [3.8, 4) is 0 Å². The third-order valence-electron chi connectivity index (χ3n) is 3.20. The number of dihydropyridines is 1. The molecule has 0 saturated heterocycles. The van der Waals surface area contributed by atoms with E-state index in [0.29, 0.717) is 0 Å². The minimum atomic E-state index is 0.873. The van der Waals surface area contributed by atoms with Crippen molar-refractivity contribution in [1.82, 2.24) is 15.1 Å². The summed E-state index contributed by atoms with van der Waals surface area (Å²) in [4.78, 5) is 0. The second-order valence-electron chi connectivity index (χ2n) is 4.81. The second-order valence-corrected chi connectivity index (χ2v) is 4.81. The molecule has 22 heavy (non-hydrogen) atoms. The summed E-state index contributed by atoms with van der Waals surface area (Å²) in [5.41, 5.74) is 3.80. The number of nitrogens with zero attached hydrogens (tertiary/aromatic N) is 2. The number of anilines is 1. The van der Waals surface area contributed by atoms with Gasteiger partial charge < -0.3 is 10.6 Å². The van der Waals surface area contributed by atoms with Gasteiger partial charge in [0.1, 0.15) is 5.82 Å². The Morgan fingerprint density at radius 1 is 1.45 bits per heavy atom. The van der Waals surface area contributed by atoms with Crippen LogP contribution in [0, 0.1) is 0 Å². The van der Waals surface area contributed by atoms with Crippen LogP contribution in [0.15, 0.2) is 67.6 Å². The molecule has 1 aliphatic heterocycles. The maximum absolute atomic E-state index is 4.71. The molecule has 2 rings (SSSR count). The van der Waals surface area contributed by atoms with Gasteiger partial charge in [-0.1, -0.05) is 38.3 Å². The van der Waals surface area contributed by atoms with Crippen LogP contribution in [0.1, 0.15) is 19.0 Å². The van der Waals surface area contributed by atoms with E-state index in [-0.39, 0.29) is 0 Å². The zero-order valence-electron chi connectivity index (χ0n) is 13.1. The smallest absolute Gasteiger partial charge is 0.130 e. The van der Waals surface area contributed by atoms with Crippen LogP contribution in [0.3, 0.4) is 0 Å². The number of allylic oxidation sites excluding steroid dienone is 8. The molecule has 4 heteroatoms. The van der Waals surface area contributed by atoms with Crippen molar-refractivity contribution < 1.29 is 0 Å². The maximum Gasteiger partial charge on any atom is 0.130 e. The first kappa shape index (κ1) is 15.6. The van der Waals surface area contributed by atoms with E-state index in [0.717, 1.165) is 34.9 Å². The third kappa shape index (κ3) is 3.47. The Labute approximate surface area is 131 Å². The molecule has 0 atom stereocenters. The minimum Gasteiger partial charge on any atom is -0.373 e. The molecule has 0 aromatic carbocycles. The van der Waals surface area contributed by atoms with Gasteiger partial charge in [-0.15, -0.1) is 0 Å². The van der Waals surface area contributed by atoms with Crippen LogP contribution in [-0.4, -0.2) is 16.8 Å². The molecule has 1 aromatic rings. The fourth-order valence-corrected chi connectivity index (χ4v) is 2.11. The molecule has 0 amide bonds. The van der Waals surface area contributed by atoms with Crippen LogP contribution >= 0.6 is 0 Å². The van der Waals surface area contributed by atoms with Crippen molar-refractivity contribution >= 4 is 17.1 Å². The molecular weight excluding hydrogens is 272 g/mol. The normalized spacial score (nSPS) is 14.9. The van der Waals surface area contributed by atoms with Crippen LogP contribution in [0.25, 0.3) is 11.3 Å². The van der Waals surface area contributed by atoms with Crippen LogP contribution in [0.5, 0.6) is 0 Å². The molecule has 0 bridgehead atoms. The summed E-state index contributed by atoms with van der Waals surface area (Å²) >= 11 is 0. The van der Waals surface area contributed by atoms with E-state index < -0.39 is 0 Å². The van der Waals surface area contributed by atoms with E-state index >= 15 is 0 Å². The van der Waals surface area contributed by atoms with Crippen molar-refractivity contribution in [2.75, 3.05) is 12.4 Å². The summed E-state index contributed by atoms with van der Waals surface area (Å²) in [5, 5.41) is 11.0. The Balaban J connectivity index is 2.42. The van der Waals surface area contributed by atoms with Crippen LogP contribution < -0.4 is 10.6 Å². The molecule has 114 valence electrons. The highest BCUT2D eigenvalue weighted by Gasteiger charge is 2.12. The summed E-state index contributed by atoms with van der Waals surface area (Å²) < 4.78 is 1.90. The molecule has 1 aliphatic rings. The molecule has 2 heterocycles. The number of nitrogens with one attached hydrogen (secondary N) is 2. The van der Waals surface area contributed by atoms with Gasteiger partial charge in [0.15, 0.2) is 0 Å². The Kier molecular flexibility index (Phi) is 5.20.